The number of hydrogen-bond acceptors (Lipinski definition) is 7. The predicted molar refractivity (Wildman–Crippen MR) is 97.0 cm³/mol. The Morgan fingerprint density at radius 2 is 2.11 bits per heavy atom. The highest BCUT2D eigenvalue weighted by Gasteiger charge is 2.56. The molecule has 2 atom stereocenters. The summed E-state index contributed by atoms with van der Waals surface area (Å²) in [6, 6.07) is 8.96. The van der Waals surface area contributed by atoms with E-state index in [1.54, 1.807) is 45.0 Å². The first-order valence-electron chi connectivity index (χ1n) is 8.64. The number of hydrogen-bond donors (Lipinski definition) is 1. The van der Waals surface area contributed by atoms with E-state index < -0.39 is 17.5 Å². The zero-order valence-electron chi connectivity index (χ0n) is 15.3. The number of nitriles is 1. The summed E-state index contributed by atoms with van der Waals surface area (Å²) in [5, 5.41) is 10.4. The minimum Gasteiger partial charge on any atom is -0.475 e. The Morgan fingerprint density at radius 3 is 2.74 bits per heavy atom. The summed E-state index contributed by atoms with van der Waals surface area (Å²) >= 11 is 0. The van der Waals surface area contributed by atoms with E-state index in [1.165, 1.54) is 6.26 Å². The van der Waals surface area contributed by atoms with Gasteiger partial charge in [0, 0.05) is 0 Å². The Bertz CT molecular complexity index is 1030. The highest BCUT2D eigenvalue weighted by atomic mass is 16.6. The first-order chi connectivity index (χ1) is 12.9. The van der Waals surface area contributed by atoms with E-state index in [1.807, 2.05) is 0 Å². The monoisotopic (exact) mass is 368 g/mol. The molecule has 1 aromatic carbocycles. The van der Waals surface area contributed by atoms with Gasteiger partial charge < -0.3 is 19.6 Å². The number of carbonyl (C=O) groups excluding carboxylic acids is 1. The maximum atomic E-state index is 13.0. The molecule has 1 aromatic heterocycles. The molecule has 3 rings (SSSR count). The first kappa shape index (κ1) is 18.5. The van der Waals surface area contributed by atoms with Crippen LogP contribution in [0.15, 0.2) is 51.2 Å². The molecule has 0 fully saturated rings. The number of nitrogens with two attached hydrogens (primary N) is 1. The summed E-state index contributed by atoms with van der Waals surface area (Å²) in [4.78, 5) is 25.3. The maximum absolute atomic E-state index is 13.0. The van der Waals surface area contributed by atoms with Gasteiger partial charge in [-0.05, 0) is 25.0 Å². The summed E-state index contributed by atoms with van der Waals surface area (Å²) in [5.41, 5.74) is 4.97. The van der Waals surface area contributed by atoms with Gasteiger partial charge in [-0.15, -0.1) is 0 Å². The van der Waals surface area contributed by atoms with Gasteiger partial charge >= 0.3 is 5.97 Å². The quantitative estimate of drug-likeness (QED) is 0.825. The van der Waals surface area contributed by atoms with Gasteiger partial charge in [0.25, 0.3) is 0 Å². The Labute approximate surface area is 156 Å². The Morgan fingerprint density at radius 1 is 1.41 bits per heavy atom. The molecule has 7 nitrogen and oxygen atoms in total. The van der Waals surface area contributed by atoms with Crippen molar-refractivity contribution in [3.05, 3.63) is 57.8 Å². The molecule has 27 heavy (non-hydrogen) atoms. The molecule has 2 heterocycles. The molecule has 0 saturated carbocycles. The van der Waals surface area contributed by atoms with Crippen molar-refractivity contribution in [1.29, 1.82) is 5.26 Å². The smallest absolute Gasteiger partial charge is 0.375 e. The van der Waals surface area contributed by atoms with Gasteiger partial charge in [0.2, 0.25) is 5.76 Å². The first-order valence-corrected chi connectivity index (χ1v) is 8.64. The van der Waals surface area contributed by atoms with E-state index in [2.05, 4.69) is 6.07 Å². The summed E-state index contributed by atoms with van der Waals surface area (Å²) in [6.07, 6.45) is 0.188. The van der Waals surface area contributed by atoms with Crippen LogP contribution in [0.3, 0.4) is 0 Å². The SMILES string of the molecule is CCOC(=O)C1=C(N)[C@](C#N)(C(C)C)[C@@H](c2coc3ccccc3c2=O)O1. The van der Waals surface area contributed by atoms with Crippen LogP contribution in [0.2, 0.25) is 0 Å². The number of nitrogens with zero attached hydrogens (tertiary/aromatic N) is 1. The number of fused-ring (bicyclic) bond motifs is 1. The van der Waals surface area contributed by atoms with E-state index in [4.69, 9.17) is 19.6 Å². The molecule has 0 radical (unpaired) electrons. The third-order valence-electron chi connectivity index (χ3n) is 4.89. The van der Waals surface area contributed by atoms with Gasteiger partial charge in [-0.25, -0.2) is 4.79 Å². The van der Waals surface area contributed by atoms with Gasteiger partial charge in [-0.3, -0.25) is 4.79 Å². The molecular formula is C20H20N2O5. The third kappa shape index (κ3) is 2.65. The average molecular weight is 368 g/mol. The number of carbonyl (C=O) groups is 1. The number of para-hydroxylation sites is 1. The van der Waals surface area contributed by atoms with Crippen molar-refractivity contribution in [2.75, 3.05) is 6.61 Å². The maximum Gasteiger partial charge on any atom is 0.375 e. The van der Waals surface area contributed by atoms with Crippen LogP contribution in [0, 0.1) is 22.7 Å². The van der Waals surface area contributed by atoms with Crippen molar-refractivity contribution >= 4 is 16.9 Å². The summed E-state index contributed by atoms with van der Waals surface area (Å²) in [5.74, 6) is -1.34. The highest BCUT2D eigenvalue weighted by molar-refractivity contribution is 5.88. The molecule has 0 bridgehead atoms. The fraction of sp³-hybridized carbons (Fsp3) is 0.350. The van der Waals surface area contributed by atoms with E-state index in [-0.39, 0.29) is 35.0 Å². The largest absolute Gasteiger partial charge is 0.475 e. The Hall–Kier alpha value is -3.27. The molecule has 0 unspecified atom stereocenters. The van der Waals surface area contributed by atoms with Gasteiger partial charge in [-0.2, -0.15) is 5.26 Å². The number of benzene rings is 1. The fourth-order valence-corrected chi connectivity index (χ4v) is 3.40. The van der Waals surface area contributed by atoms with Crippen molar-refractivity contribution < 1.29 is 18.7 Å². The highest BCUT2D eigenvalue weighted by Crippen LogP contribution is 2.52. The van der Waals surface area contributed by atoms with E-state index in [0.29, 0.717) is 11.0 Å². The van der Waals surface area contributed by atoms with Gasteiger partial charge in [0.05, 0.1) is 29.3 Å². The fourth-order valence-electron chi connectivity index (χ4n) is 3.40. The van der Waals surface area contributed by atoms with Crippen molar-refractivity contribution in [3.63, 3.8) is 0 Å². The molecule has 1 aliphatic heterocycles. The number of ether oxygens (including phenoxy) is 2. The number of rotatable bonds is 4. The van der Waals surface area contributed by atoms with Crippen LogP contribution < -0.4 is 11.2 Å². The standard InChI is InChI=1S/C20H20N2O5/c1-4-25-19(24)16-17(22)20(10-21,11(2)3)18(27-16)13-9-26-14-8-6-5-7-12(14)15(13)23/h5-9,11,18H,4,22H2,1-3H3/t18-,20+/m1/s1. The van der Waals surface area contributed by atoms with Crippen LogP contribution >= 0.6 is 0 Å². The van der Waals surface area contributed by atoms with Gasteiger partial charge in [-0.1, -0.05) is 26.0 Å². The van der Waals surface area contributed by atoms with Crippen LogP contribution in [-0.2, 0) is 14.3 Å². The molecule has 2 aromatic rings. The van der Waals surface area contributed by atoms with Crippen LogP contribution in [0.1, 0.15) is 32.4 Å². The average Bonchev–Trinajstić information content (AvgIpc) is 2.96. The van der Waals surface area contributed by atoms with Crippen LogP contribution in [-0.4, -0.2) is 12.6 Å². The van der Waals surface area contributed by atoms with Crippen molar-refractivity contribution in [2.45, 2.75) is 26.9 Å². The zero-order valence-corrected chi connectivity index (χ0v) is 15.3. The molecule has 0 amide bonds. The lowest BCUT2D eigenvalue weighted by atomic mass is 9.70. The van der Waals surface area contributed by atoms with Gasteiger partial charge in [0.15, 0.2) is 11.5 Å². The second kappa shape index (κ2) is 6.80. The van der Waals surface area contributed by atoms with E-state index >= 15 is 0 Å². The van der Waals surface area contributed by atoms with Gasteiger partial charge in [0.1, 0.15) is 17.3 Å². The number of esters is 1. The molecule has 7 heteroatoms. The lowest BCUT2D eigenvalue weighted by molar-refractivity contribution is -0.143. The molecule has 2 N–H and O–H groups in total. The minimum absolute atomic E-state index is 0.0315. The second-order valence-electron chi connectivity index (χ2n) is 6.61. The zero-order chi connectivity index (χ0) is 19.8. The van der Waals surface area contributed by atoms with E-state index in [0.717, 1.165) is 0 Å². The predicted octanol–water partition coefficient (Wildman–Crippen LogP) is 2.76. The molecular weight excluding hydrogens is 348 g/mol. The molecule has 0 spiro atoms. The topological polar surface area (TPSA) is 116 Å². The summed E-state index contributed by atoms with van der Waals surface area (Å²) < 4.78 is 16.3. The molecule has 1 aliphatic rings. The molecule has 140 valence electrons. The lowest BCUT2D eigenvalue weighted by Crippen LogP contribution is -2.37. The van der Waals surface area contributed by atoms with Crippen molar-refractivity contribution in [3.8, 4) is 6.07 Å². The van der Waals surface area contributed by atoms with Crippen LogP contribution in [0.25, 0.3) is 11.0 Å². The van der Waals surface area contributed by atoms with Crippen molar-refractivity contribution in [1.82, 2.24) is 0 Å². The second-order valence-corrected chi connectivity index (χ2v) is 6.61. The molecule has 0 aliphatic carbocycles. The van der Waals surface area contributed by atoms with E-state index in [9.17, 15) is 14.9 Å². The Balaban J connectivity index is 2.21. The summed E-state index contributed by atoms with van der Waals surface area (Å²) in [7, 11) is 0. The van der Waals surface area contributed by atoms with Crippen LogP contribution in [0.4, 0.5) is 0 Å². The minimum atomic E-state index is -1.40. The third-order valence-corrected chi connectivity index (χ3v) is 4.89. The van der Waals surface area contributed by atoms with Crippen LogP contribution in [0.5, 0.6) is 0 Å². The normalized spacial score (nSPS) is 22.0. The molecule has 0 saturated heterocycles. The summed E-state index contributed by atoms with van der Waals surface area (Å²) in [6.45, 7) is 5.34. The lowest BCUT2D eigenvalue weighted by Gasteiger charge is -2.31. The Kier molecular flexibility index (Phi) is 4.66. The van der Waals surface area contributed by atoms with Crippen molar-refractivity contribution in [2.24, 2.45) is 17.1 Å².